The van der Waals surface area contributed by atoms with Crippen LogP contribution in [0.2, 0.25) is 0 Å². The maximum Gasteiger partial charge on any atom is 0.123 e. The Morgan fingerprint density at radius 2 is 2.00 bits per heavy atom. The summed E-state index contributed by atoms with van der Waals surface area (Å²) in [7, 11) is 2.07. The average molecular weight is 265 g/mol. The summed E-state index contributed by atoms with van der Waals surface area (Å²) in [6.45, 7) is 2.03. The Hall–Kier alpha value is -0.930. The Morgan fingerprint density at radius 1 is 1.26 bits per heavy atom. The van der Waals surface area contributed by atoms with Gasteiger partial charge in [0, 0.05) is 13.1 Å². The topological polar surface area (TPSA) is 23.5 Å². The van der Waals surface area contributed by atoms with E-state index in [0.29, 0.717) is 11.8 Å². The van der Waals surface area contributed by atoms with E-state index >= 15 is 0 Å². The van der Waals surface area contributed by atoms with Gasteiger partial charge in [-0.15, -0.1) is 0 Å². The first-order valence-electron chi connectivity index (χ1n) is 7.24. The standard InChI is InChI=1S/C16H24FNO/c1-18(9-10-19)12-13-3-2-4-15(11-13)14-5-7-16(17)8-6-14/h5-8,13,15,19H,2-4,9-12H2,1H3/t13-,15?/m1/s1. The lowest BCUT2D eigenvalue weighted by Crippen LogP contribution is -2.30. The van der Waals surface area contributed by atoms with Crippen LogP contribution in [0.25, 0.3) is 0 Å². The maximum absolute atomic E-state index is 13.0. The molecule has 0 spiro atoms. The van der Waals surface area contributed by atoms with Crippen molar-refractivity contribution in [2.75, 3.05) is 26.7 Å². The summed E-state index contributed by atoms with van der Waals surface area (Å²) < 4.78 is 13.0. The quantitative estimate of drug-likeness (QED) is 0.884. The predicted octanol–water partition coefficient (Wildman–Crippen LogP) is 3.02. The van der Waals surface area contributed by atoms with Gasteiger partial charge in [0.15, 0.2) is 0 Å². The molecule has 2 nitrogen and oxygen atoms in total. The van der Waals surface area contributed by atoms with Crippen LogP contribution in [0, 0.1) is 11.7 Å². The molecule has 19 heavy (non-hydrogen) atoms. The van der Waals surface area contributed by atoms with Crippen LogP contribution in [0.15, 0.2) is 24.3 Å². The van der Waals surface area contributed by atoms with E-state index in [1.807, 2.05) is 12.1 Å². The van der Waals surface area contributed by atoms with Gasteiger partial charge in [0.2, 0.25) is 0 Å². The number of hydrogen-bond donors (Lipinski definition) is 1. The first-order valence-corrected chi connectivity index (χ1v) is 7.24. The van der Waals surface area contributed by atoms with Crippen molar-refractivity contribution in [3.8, 4) is 0 Å². The Kier molecular flexibility index (Phi) is 5.34. The smallest absolute Gasteiger partial charge is 0.123 e. The highest BCUT2D eigenvalue weighted by Gasteiger charge is 2.23. The van der Waals surface area contributed by atoms with Crippen molar-refractivity contribution in [3.05, 3.63) is 35.6 Å². The second-order valence-corrected chi connectivity index (χ2v) is 5.77. The fourth-order valence-corrected chi connectivity index (χ4v) is 3.20. The molecular formula is C16H24FNO. The molecule has 106 valence electrons. The van der Waals surface area contributed by atoms with Gasteiger partial charge in [-0.2, -0.15) is 0 Å². The lowest BCUT2D eigenvalue weighted by Gasteiger charge is -2.32. The van der Waals surface area contributed by atoms with Gasteiger partial charge in [-0.25, -0.2) is 4.39 Å². The van der Waals surface area contributed by atoms with Crippen molar-refractivity contribution in [1.29, 1.82) is 0 Å². The summed E-state index contributed by atoms with van der Waals surface area (Å²) in [6, 6.07) is 6.99. The van der Waals surface area contributed by atoms with E-state index < -0.39 is 0 Å². The largest absolute Gasteiger partial charge is 0.395 e. The van der Waals surface area contributed by atoms with Crippen LogP contribution in [-0.4, -0.2) is 36.8 Å². The first kappa shape index (κ1) is 14.5. The van der Waals surface area contributed by atoms with E-state index in [9.17, 15) is 4.39 Å². The highest BCUT2D eigenvalue weighted by Crippen LogP contribution is 2.36. The molecule has 0 amide bonds. The van der Waals surface area contributed by atoms with Crippen LogP contribution in [-0.2, 0) is 0 Å². The lowest BCUT2D eigenvalue weighted by molar-refractivity contribution is 0.180. The maximum atomic E-state index is 13.0. The Morgan fingerprint density at radius 3 is 2.68 bits per heavy atom. The molecule has 2 rings (SSSR count). The molecule has 1 fully saturated rings. The first-order chi connectivity index (χ1) is 9.19. The van der Waals surface area contributed by atoms with Gasteiger partial charge >= 0.3 is 0 Å². The van der Waals surface area contributed by atoms with Crippen LogP contribution < -0.4 is 0 Å². The van der Waals surface area contributed by atoms with Crippen molar-refractivity contribution in [2.45, 2.75) is 31.6 Å². The molecule has 3 heteroatoms. The van der Waals surface area contributed by atoms with Gasteiger partial charge in [0.25, 0.3) is 0 Å². The molecule has 0 heterocycles. The van der Waals surface area contributed by atoms with E-state index in [4.69, 9.17) is 5.11 Å². The van der Waals surface area contributed by atoms with Gasteiger partial charge in [-0.05, 0) is 55.8 Å². The third kappa shape index (κ3) is 4.29. The summed E-state index contributed by atoms with van der Waals surface area (Å²) in [5.74, 6) is 1.11. The molecular weight excluding hydrogens is 241 g/mol. The van der Waals surface area contributed by atoms with Gasteiger partial charge in [0.05, 0.1) is 6.61 Å². The minimum Gasteiger partial charge on any atom is -0.395 e. The number of nitrogens with zero attached hydrogens (tertiary/aromatic N) is 1. The highest BCUT2D eigenvalue weighted by molar-refractivity contribution is 5.21. The van der Waals surface area contributed by atoms with E-state index in [2.05, 4.69) is 11.9 Å². The molecule has 1 aliphatic carbocycles. The fourth-order valence-electron chi connectivity index (χ4n) is 3.20. The van der Waals surface area contributed by atoms with Crippen LogP contribution >= 0.6 is 0 Å². The third-order valence-electron chi connectivity index (χ3n) is 4.18. The number of rotatable bonds is 5. The normalized spacial score (nSPS) is 23.8. The molecule has 0 aliphatic heterocycles. The second-order valence-electron chi connectivity index (χ2n) is 5.77. The molecule has 0 radical (unpaired) electrons. The van der Waals surface area contributed by atoms with E-state index in [1.54, 1.807) is 12.1 Å². The molecule has 1 aliphatic rings. The summed E-state index contributed by atoms with van der Waals surface area (Å²) in [4.78, 5) is 2.21. The molecule has 0 bridgehead atoms. The minimum absolute atomic E-state index is 0.154. The van der Waals surface area contributed by atoms with E-state index in [-0.39, 0.29) is 12.4 Å². The zero-order chi connectivity index (χ0) is 13.7. The number of likely N-dealkylation sites (N-methyl/N-ethyl adjacent to an activating group) is 1. The number of aliphatic hydroxyl groups is 1. The summed E-state index contributed by atoms with van der Waals surface area (Å²) in [5.41, 5.74) is 1.27. The zero-order valence-electron chi connectivity index (χ0n) is 11.7. The van der Waals surface area contributed by atoms with Gasteiger partial charge in [-0.3, -0.25) is 0 Å². The van der Waals surface area contributed by atoms with Crippen LogP contribution in [0.3, 0.4) is 0 Å². The molecule has 1 saturated carbocycles. The van der Waals surface area contributed by atoms with E-state index in [0.717, 1.165) is 13.1 Å². The molecule has 2 atom stereocenters. The highest BCUT2D eigenvalue weighted by atomic mass is 19.1. The molecule has 1 aromatic carbocycles. The number of benzene rings is 1. The summed E-state index contributed by atoms with van der Waals surface area (Å²) >= 11 is 0. The lowest BCUT2D eigenvalue weighted by atomic mass is 9.78. The number of aliphatic hydroxyl groups excluding tert-OH is 1. The average Bonchev–Trinajstić information content (AvgIpc) is 2.40. The van der Waals surface area contributed by atoms with Crippen molar-refractivity contribution >= 4 is 0 Å². The monoisotopic (exact) mass is 265 g/mol. The minimum atomic E-state index is -0.154. The van der Waals surface area contributed by atoms with Crippen LogP contribution in [0.4, 0.5) is 4.39 Å². The Bertz CT molecular complexity index is 379. The predicted molar refractivity (Wildman–Crippen MR) is 75.7 cm³/mol. The van der Waals surface area contributed by atoms with Crippen molar-refractivity contribution in [1.82, 2.24) is 4.90 Å². The van der Waals surface area contributed by atoms with Crippen LogP contribution in [0.1, 0.15) is 37.2 Å². The summed E-state index contributed by atoms with van der Waals surface area (Å²) in [6.07, 6.45) is 4.92. The van der Waals surface area contributed by atoms with E-state index in [1.165, 1.54) is 31.2 Å². The second kappa shape index (κ2) is 7.01. The van der Waals surface area contributed by atoms with Crippen LogP contribution in [0.5, 0.6) is 0 Å². The molecule has 0 aromatic heterocycles. The molecule has 1 unspecified atom stereocenters. The van der Waals surface area contributed by atoms with Crippen molar-refractivity contribution in [3.63, 3.8) is 0 Å². The van der Waals surface area contributed by atoms with Crippen molar-refractivity contribution in [2.24, 2.45) is 5.92 Å². The molecule has 0 saturated heterocycles. The SMILES string of the molecule is CN(CCO)C[C@@H]1CCCC(c2ccc(F)cc2)C1. The van der Waals surface area contributed by atoms with Gasteiger partial charge < -0.3 is 10.0 Å². The molecule has 1 aromatic rings. The third-order valence-corrected chi connectivity index (χ3v) is 4.18. The number of hydrogen-bond acceptors (Lipinski definition) is 2. The molecule has 1 N–H and O–H groups in total. The van der Waals surface area contributed by atoms with Gasteiger partial charge in [0.1, 0.15) is 5.82 Å². The fraction of sp³-hybridized carbons (Fsp3) is 0.625. The summed E-state index contributed by atoms with van der Waals surface area (Å²) in [5, 5.41) is 8.94. The zero-order valence-corrected chi connectivity index (χ0v) is 11.7. The van der Waals surface area contributed by atoms with Crippen molar-refractivity contribution < 1.29 is 9.50 Å². The van der Waals surface area contributed by atoms with Gasteiger partial charge in [-0.1, -0.05) is 18.6 Å². The Labute approximate surface area is 115 Å². The Balaban J connectivity index is 1.91. The number of halogens is 1.